The molecule has 1 aromatic heterocycles. The van der Waals surface area contributed by atoms with Crippen LogP contribution in [-0.4, -0.2) is 23.4 Å². The van der Waals surface area contributed by atoms with Crippen molar-refractivity contribution in [1.29, 1.82) is 0 Å². The Hall–Kier alpha value is -1.77. The topological polar surface area (TPSA) is 48.4 Å². The second-order valence-electron chi connectivity index (χ2n) is 2.82. The normalized spacial score (nSPS) is 11.5. The van der Waals surface area contributed by atoms with Crippen LogP contribution in [0.5, 0.6) is 5.88 Å². The van der Waals surface area contributed by atoms with Crippen LogP contribution >= 0.6 is 0 Å². The predicted octanol–water partition coefficient (Wildman–Crippen LogP) is 1.92. The van der Waals surface area contributed by atoms with Crippen LogP contribution in [0.25, 0.3) is 10.9 Å². The number of hydrogen-bond acceptors (Lipinski definition) is 2. The molecule has 0 unspecified atom stereocenters. The molecule has 1 aromatic carbocycles. The van der Waals surface area contributed by atoms with Gasteiger partial charge in [0.25, 0.3) is 0 Å². The number of hydrogen-bond donors (Lipinski definition) is 2. The second kappa shape index (κ2) is 2.94. The molecule has 0 aliphatic rings. The van der Waals surface area contributed by atoms with Gasteiger partial charge in [-0.1, -0.05) is 18.2 Å². The fourth-order valence-electron chi connectivity index (χ4n) is 1.41. The molecule has 3 nitrogen and oxygen atoms in total. The van der Waals surface area contributed by atoms with Crippen molar-refractivity contribution in [2.45, 2.75) is 0 Å². The van der Waals surface area contributed by atoms with Gasteiger partial charge in [-0.3, -0.25) is 4.99 Å². The first-order valence-corrected chi connectivity index (χ1v) is 4.05. The van der Waals surface area contributed by atoms with Gasteiger partial charge in [-0.25, -0.2) is 0 Å². The third-order valence-corrected chi connectivity index (χ3v) is 1.98. The fraction of sp³-hybridized carbons (Fsp3) is 0.100. The first-order chi connectivity index (χ1) is 6.33. The van der Waals surface area contributed by atoms with Crippen molar-refractivity contribution in [3.05, 3.63) is 29.8 Å². The van der Waals surface area contributed by atoms with E-state index in [-0.39, 0.29) is 5.88 Å². The molecule has 2 N–H and O–H groups in total. The van der Waals surface area contributed by atoms with Crippen LogP contribution in [0.15, 0.2) is 29.3 Å². The Bertz CT molecular complexity index is 457. The first-order valence-electron chi connectivity index (χ1n) is 4.05. The van der Waals surface area contributed by atoms with Gasteiger partial charge in [0.2, 0.25) is 0 Å². The number of para-hydroxylation sites is 1. The summed E-state index contributed by atoms with van der Waals surface area (Å²) in [7, 11) is 1.68. The average molecular weight is 174 g/mol. The molecular weight excluding hydrogens is 164 g/mol. The van der Waals surface area contributed by atoms with E-state index in [0.29, 0.717) is 0 Å². The number of H-pyrrole nitrogens is 1. The largest absolute Gasteiger partial charge is 0.494 e. The maximum absolute atomic E-state index is 9.52. The Morgan fingerprint density at radius 2 is 2.15 bits per heavy atom. The van der Waals surface area contributed by atoms with Crippen LogP contribution in [-0.2, 0) is 0 Å². The number of benzene rings is 1. The van der Waals surface area contributed by atoms with Crippen molar-refractivity contribution in [3.63, 3.8) is 0 Å². The summed E-state index contributed by atoms with van der Waals surface area (Å²) in [5, 5.41) is 10.5. The monoisotopic (exact) mass is 174 g/mol. The summed E-state index contributed by atoms with van der Waals surface area (Å²) in [6.07, 6.45) is 1.65. The van der Waals surface area contributed by atoms with E-state index >= 15 is 0 Å². The molecule has 0 spiro atoms. The van der Waals surface area contributed by atoms with E-state index in [0.717, 1.165) is 16.5 Å². The Morgan fingerprint density at radius 1 is 1.38 bits per heavy atom. The molecule has 1 heterocycles. The van der Waals surface area contributed by atoms with Gasteiger partial charge < -0.3 is 10.1 Å². The summed E-state index contributed by atoms with van der Waals surface area (Å²) < 4.78 is 0. The smallest absolute Gasteiger partial charge is 0.198 e. The number of aromatic hydroxyl groups is 1. The maximum Gasteiger partial charge on any atom is 0.198 e. The average Bonchev–Trinajstić information content (AvgIpc) is 2.44. The molecule has 66 valence electrons. The van der Waals surface area contributed by atoms with E-state index in [4.69, 9.17) is 0 Å². The van der Waals surface area contributed by atoms with E-state index in [1.54, 1.807) is 13.3 Å². The molecule has 0 atom stereocenters. The highest BCUT2D eigenvalue weighted by atomic mass is 16.3. The minimum Gasteiger partial charge on any atom is -0.494 e. The van der Waals surface area contributed by atoms with Gasteiger partial charge in [0, 0.05) is 24.2 Å². The number of nitrogens with zero attached hydrogens (tertiary/aromatic N) is 1. The predicted molar refractivity (Wildman–Crippen MR) is 53.5 cm³/mol. The molecule has 2 aromatic rings. The molecule has 0 aliphatic carbocycles. The summed E-state index contributed by atoms with van der Waals surface area (Å²) in [5.41, 5.74) is 1.67. The van der Waals surface area contributed by atoms with Crippen LogP contribution < -0.4 is 0 Å². The Balaban J connectivity index is 2.78. The molecule has 0 saturated carbocycles. The van der Waals surface area contributed by atoms with Gasteiger partial charge >= 0.3 is 0 Å². The van der Waals surface area contributed by atoms with E-state index in [2.05, 4.69) is 9.98 Å². The molecule has 0 fully saturated rings. The third-order valence-electron chi connectivity index (χ3n) is 1.98. The maximum atomic E-state index is 9.52. The first kappa shape index (κ1) is 7.86. The lowest BCUT2D eigenvalue weighted by atomic mass is 10.2. The van der Waals surface area contributed by atoms with Crippen molar-refractivity contribution in [2.75, 3.05) is 7.05 Å². The molecule has 2 rings (SSSR count). The van der Waals surface area contributed by atoms with E-state index < -0.39 is 0 Å². The Morgan fingerprint density at radius 3 is 2.92 bits per heavy atom. The van der Waals surface area contributed by atoms with Crippen molar-refractivity contribution in [3.8, 4) is 5.88 Å². The van der Waals surface area contributed by atoms with Crippen LogP contribution in [0.4, 0.5) is 0 Å². The zero-order valence-corrected chi connectivity index (χ0v) is 7.28. The number of aromatic amines is 1. The van der Waals surface area contributed by atoms with Crippen LogP contribution in [0.3, 0.4) is 0 Å². The van der Waals surface area contributed by atoms with E-state index in [9.17, 15) is 5.11 Å². The quantitative estimate of drug-likeness (QED) is 0.637. The minimum atomic E-state index is 0.173. The second-order valence-corrected chi connectivity index (χ2v) is 2.82. The van der Waals surface area contributed by atoms with Crippen molar-refractivity contribution >= 4 is 17.1 Å². The summed E-state index contributed by atoms with van der Waals surface area (Å²) in [6, 6.07) is 7.72. The number of nitrogens with one attached hydrogen (secondary N) is 1. The third kappa shape index (κ3) is 1.18. The summed E-state index contributed by atoms with van der Waals surface area (Å²) in [4.78, 5) is 6.76. The van der Waals surface area contributed by atoms with E-state index in [1.807, 2.05) is 24.3 Å². The van der Waals surface area contributed by atoms with Gasteiger partial charge in [0.1, 0.15) is 0 Å². The van der Waals surface area contributed by atoms with E-state index in [1.165, 1.54) is 0 Å². The molecular formula is C10H10N2O. The SMILES string of the molecule is C/N=C/c1c(O)[nH]c2ccccc12. The van der Waals surface area contributed by atoms with Crippen LogP contribution in [0, 0.1) is 0 Å². The van der Waals surface area contributed by atoms with Gasteiger partial charge in [0.05, 0.1) is 5.56 Å². The zero-order valence-electron chi connectivity index (χ0n) is 7.28. The Kier molecular flexibility index (Phi) is 1.77. The standard InChI is InChI=1S/C10H10N2O/c1-11-6-8-7-4-2-3-5-9(7)12-10(8)13/h2-6,12-13H,1H3/b11-6+. The molecule has 3 heteroatoms. The highest BCUT2D eigenvalue weighted by Crippen LogP contribution is 2.24. The highest BCUT2D eigenvalue weighted by Gasteiger charge is 2.06. The lowest BCUT2D eigenvalue weighted by Crippen LogP contribution is -1.77. The molecule has 0 bridgehead atoms. The Labute approximate surface area is 75.7 Å². The number of fused-ring (bicyclic) bond motifs is 1. The molecule has 0 amide bonds. The number of rotatable bonds is 1. The van der Waals surface area contributed by atoms with Crippen LogP contribution in [0.1, 0.15) is 5.56 Å². The summed E-state index contributed by atoms with van der Waals surface area (Å²) in [6.45, 7) is 0. The van der Waals surface area contributed by atoms with Crippen molar-refractivity contribution < 1.29 is 5.11 Å². The van der Waals surface area contributed by atoms with Gasteiger partial charge in [-0.2, -0.15) is 0 Å². The van der Waals surface area contributed by atoms with Crippen molar-refractivity contribution in [2.24, 2.45) is 4.99 Å². The summed E-state index contributed by atoms with van der Waals surface area (Å²) >= 11 is 0. The molecule has 0 saturated heterocycles. The lowest BCUT2D eigenvalue weighted by Gasteiger charge is -1.89. The van der Waals surface area contributed by atoms with Gasteiger partial charge in [0.15, 0.2) is 5.88 Å². The minimum absolute atomic E-state index is 0.173. The number of aromatic nitrogens is 1. The molecule has 0 aliphatic heterocycles. The van der Waals surface area contributed by atoms with Gasteiger partial charge in [-0.15, -0.1) is 0 Å². The molecule has 0 radical (unpaired) electrons. The van der Waals surface area contributed by atoms with Crippen LogP contribution in [0.2, 0.25) is 0 Å². The van der Waals surface area contributed by atoms with Crippen molar-refractivity contribution in [1.82, 2.24) is 4.98 Å². The zero-order chi connectivity index (χ0) is 9.26. The lowest BCUT2D eigenvalue weighted by molar-refractivity contribution is 0.457. The molecule has 13 heavy (non-hydrogen) atoms. The highest BCUT2D eigenvalue weighted by molar-refractivity contribution is 6.01. The van der Waals surface area contributed by atoms with Gasteiger partial charge in [-0.05, 0) is 6.07 Å². The number of aliphatic imine (C=N–C) groups is 1. The summed E-state index contributed by atoms with van der Waals surface area (Å²) in [5.74, 6) is 0.173. The fourth-order valence-corrected chi connectivity index (χ4v) is 1.41.